The Morgan fingerprint density at radius 2 is 1.97 bits per heavy atom. The third kappa shape index (κ3) is 3.04. The summed E-state index contributed by atoms with van der Waals surface area (Å²) in [5.74, 6) is -0.391. The molecule has 1 N–H and O–H groups in total. The van der Waals surface area contributed by atoms with Crippen molar-refractivity contribution in [2.45, 2.75) is 37.2 Å². The minimum Gasteiger partial charge on any atom is -0.392 e. The number of β-amino-alcohol motifs (C(OH)–C–C–N with tert-alkyl or cyclic N) is 1. The number of piperazine rings is 1. The van der Waals surface area contributed by atoms with Gasteiger partial charge in [0.15, 0.2) is 0 Å². The molecule has 8 nitrogen and oxygen atoms in total. The van der Waals surface area contributed by atoms with Gasteiger partial charge in [-0.05, 0) is 30.2 Å². The van der Waals surface area contributed by atoms with Gasteiger partial charge in [-0.2, -0.15) is 0 Å². The number of amides is 2. The maximum absolute atomic E-state index is 13.5. The van der Waals surface area contributed by atoms with Gasteiger partial charge in [0.25, 0.3) is 5.91 Å². The normalized spacial score (nSPS) is 26.6. The summed E-state index contributed by atoms with van der Waals surface area (Å²) in [6.45, 7) is 2.30. The Morgan fingerprint density at radius 1 is 1.10 bits per heavy atom. The van der Waals surface area contributed by atoms with Gasteiger partial charge in [0.05, 0.1) is 24.4 Å². The monoisotopic (exact) mass is 393 g/mol. The number of hydrogen-bond donors (Lipinski definition) is 1. The van der Waals surface area contributed by atoms with Crippen molar-refractivity contribution in [2.75, 3.05) is 19.6 Å². The molecule has 0 saturated carbocycles. The summed E-state index contributed by atoms with van der Waals surface area (Å²) in [6.07, 6.45) is 4.89. The van der Waals surface area contributed by atoms with Crippen LogP contribution in [0, 0.1) is 0 Å². The number of rotatable bonds is 4. The molecule has 2 amide bonds. The number of nitrogens with zero attached hydrogens (tertiary/aromatic N) is 5. The van der Waals surface area contributed by atoms with Gasteiger partial charge in [0.1, 0.15) is 5.54 Å². The lowest BCUT2D eigenvalue weighted by Crippen LogP contribution is -2.81. The molecule has 8 heteroatoms. The Balaban J connectivity index is 1.40. The molecule has 29 heavy (non-hydrogen) atoms. The number of fused-ring (bicyclic) bond motifs is 2. The minimum atomic E-state index is -0.757. The zero-order valence-electron chi connectivity index (χ0n) is 16.0. The van der Waals surface area contributed by atoms with Crippen LogP contribution in [0.5, 0.6) is 0 Å². The molecular formula is C21H23N5O3. The molecule has 5 heterocycles. The van der Waals surface area contributed by atoms with Crippen LogP contribution in [0.25, 0.3) is 0 Å². The van der Waals surface area contributed by atoms with Gasteiger partial charge >= 0.3 is 0 Å². The summed E-state index contributed by atoms with van der Waals surface area (Å²) >= 11 is 0. The molecule has 0 aromatic carbocycles. The Bertz CT molecular complexity index is 916. The van der Waals surface area contributed by atoms with Gasteiger partial charge in [-0.15, -0.1) is 0 Å². The summed E-state index contributed by atoms with van der Waals surface area (Å²) in [5, 5.41) is 10.2. The molecule has 0 radical (unpaired) electrons. The summed E-state index contributed by atoms with van der Waals surface area (Å²) in [5.41, 5.74) is 1.01. The molecule has 1 spiro atoms. The van der Waals surface area contributed by atoms with Crippen LogP contribution in [-0.2, 0) is 22.7 Å². The fourth-order valence-electron chi connectivity index (χ4n) is 4.84. The van der Waals surface area contributed by atoms with Crippen molar-refractivity contribution in [3.63, 3.8) is 0 Å². The van der Waals surface area contributed by atoms with Crippen LogP contribution in [0.3, 0.4) is 0 Å². The molecule has 2 aromatic rings. The molecule has 0 bridgehead atoms. The average molecular weight is 393 g/mol. The first kappa shape index (κ1) is 18.4. The van der Waals surface area contributed by atoms with E-state index in [1.54, 1.807) is 24.7 Å². The maximum Gasteiger partial charge on any atom is 0.252 e. The van der Waals surface area contributed by atoms with E-state index < -0.39 is 17.7 Å². The largest absolute Gasteiger partial charge is 0.392 e. The van der Waals surface area contributed by atoms with Crippen LogP contribution in [0.2, 0.25) is 0 Å². The Kier molecular flexibility index (Phi) is 4.42. The third-order valence-corrected chi connectivity index (χ3v) is 6.17. The number of aromatic nitrogens is 2. The predicted molar refractivity (Wildman–Crippen MR) is 103 cm³/mol. The number of carbonyl (C=O) groups excluding carboxylic acids is 2. The van der Waals surface area contributed by atoms with Crippen molar-refractivity contribution < 1.29 is 14.7 Å². The van der Waals surface area contributed by atoms with Gasteiger partial charge in [0.2, 0.25) is 5.91 Å². The average Bonchev–Trinajstić information content (AvgIpc) is 3.10. The number of pyridine rings is 2. The van der Waals surface area contributed by atoms with E-state index in [2.05, 4.69) is 14.9 Å². The molecule has 2 unspecified atom stereocenters. The summed E-state index contributed by atoms with van der Waals surface area (Å²) in [6, 6.07) is 9.01. The van der Waals surface area contributed by atoms with Crippen molar-refractivity contribution in [1.82, 2.24) is 24.7 Å². The Hall–Kier alpha value is -2.68. The lowest BCUT2D eigenvalue weighted by atomic mass is 9.82. The van der Waals surface area contributed by atoms with Crippen LogP contribution in [0.1, 0.15) is 17.7 Å². The lowest BCUT2D eigenvalue weighted by Gasteiger charge is -2.58. The Morgan fingerprint density at radius 3 is 2.69 bits per heavy atom. The second-order valence-corrected chi connectivity index (χ2v) is 8.15. The molecule has 0 aliphatic carbocycles. The fourth-order valence-corrected chi connectivity index (χ4v) is 4.84. The van der Waals surface area contributed by atoms with E-state index in [4.69, 9.17) is 0 Å². The molecular weight excluding hydrogens is 370 g/mol. The van der Waals surface area contributed by atoms with Gasteiger partial charge in [0, 0.05) is 44.8 Å². The maximum atomic E-state index is 13.5. The highest BCUT2D eigenvalue weighted by Crippen LogP contribution is 2.41. The van der Waals surface area contributed by atoms with E-state index in [0.717, 1.165) is 11.3 Å². The standard InChI is InChI=1S/C21H23N5O3/c27-17-8-18-19(28)25(10-15-4-3-6-22-9-15)20(29)21(26(18)12-17)13-24(14-21)11-16-5-1-2-7-23-16/h1-7,9,17-18,27H,8,10-14H2. The van der Waals surface area contributed by atoms with Crippen molar-refractivity contribution >= 4 is 11.8 Å². The number of aliphatic hydroxyl groups excluding tert-OH is 1. The highest BCUT2D eigenvalue weighted by Gasteiger charge is 2.64. The highest BCUT2D eigenvalue weighted by atomic mass is 16.3. The molecule has 5 rings (SSSR count). The number of carbonyl (C=O) groups is 2. The van der Waals surface area contributed by atoms with Gasteiger partial charge < -0.3 is 5.11 Å². The van der Waals surface area contributed by atoms with Crippen LogP contribution in [0.4, 0.5) is 0 Å². The number of likely N-dealkylation sites (tertiary alicyclic amines) is 1. The minimum absolute atomic E-state index is 0.172. The van der Waals surface area contributed by atoms with E-state index in [1.807, 2.05) is 29.2 Å². The smallest absolute Gasteiger partial charge is 0.252 e. The zero-order valence-corrected chi connectivity index (χ0v) is 16.0. The molecule has 3 aliphatic heterocycles. The second-order valence-electron chi connectivity index (χ2n) is 8.15. The fraction of sp³-hybridized carbons (Fsp3) is 0.429. The topological polar surface area (TPSA) is 89.9 Å². The van der Waals surface area contributed by atoms with Crippen molar-refractivity contribution in [1.29, 1.82) is 0 Å². The van der Waals surface area contributed by atoms with Crippen molar-refractivity contribution in [3.05, 3.63) is 60.2 Å². The molecule has 2 aromatic heterocycles. The van der Waals surface area contributed by atoms with E-state index in [0.29, 0.717) is 32.6 Å². The summed E-state index contributed by atoms with van der Waals surface area (Å²) < 4.78 is 0. The van der Waals surface area contributed by atoms with Crippen molar-refractivity contribution in [2.24, 2.45) is 0 Å². The molecule has 3 saturated heterocycles. The van der Waals surface area contributed by atoms with Crippen LogP contribution in [0.15, 0.2) is 48.9 Å². The van der Waals surface area contributed by atoms with Crippen LogP contribution >= 0.6 is 0 Å². The van der Waals surface area contributed by atoms with Gasteiger partial charge in [-0.3, -0.25) is 34.3 Å². The molecule has 3 aliphatic rings. The third-order valence-electron chi connectivity index (χ3n) is 6.17. The SMILES string of the molecule is O=C1C2CC(O)CN2C2(CN(Cc3ccccn3)C2)C(=O)N1Cc1cccnc1. The first-order valence-electron chi connectivity index (χ1n) is 9.89. The molecule has 150 valence electrons. The number of imide groups is 1. The van der Waals surface area contributed by atoms with E-state index in [-0.39, 0.29) is 18.4 Å². The first-order chi connectivity index (χ1) is 14.1. The lowest BCUT2D eigenvalue weighted by molar-refractivity contribution is -0.181. The predicted octanol–water partition coefficient (Wildman–Crippen LogP) is 0.0352. The quantitative estimate of drug-likeness (QED) is 0.734. The zero-order chi connectivity index (χ0) is 20.0. The van der Waals surface area contributed by atoms with Crippen LogP contribution < -0.4 is 0 Å². The highest BCUT2D eigenvalue weighted by molar-refractivity contribution is 6.06. The molecule has 3 fully saturated rings. The van der Waals surface area contributed by atoms with Crippen LogP contribution in [-0.4, -0.2) is 78.9 Å². The number of hydrogen-bond acceptors (Lipinski definition) is 7. The Labute approximate surface area is 168 Å². The van der Waals surface area contributed by atoms with Gasteiger partial charge in [-0.25, -0.2) is 0 Å². The van der Waals surface area contributed by atoms with Gasteiger partial charge in [-0.1, -0.05) is 12.1 Å². The van der Waals surface area contributed by atoms with E-state index in [9.17, 15) is 14.7 Å². The summed E-state index contributed by atoms with van der Waals surface area (Å²) in [7, 11) is 0. The first-order valence-corrected chi connectivity index (χ1v) is 9.89. The van der Waals surface area contributed by atoms with E-state index in [1.165, 1.54) is 4.90 Å². The van der Waals surface area contributed by atoms with E-state index >= 15 is 0 Å². The van der Waals surface area contributed by atoms with Crippen molar-refractivity contribution in [3.8, 4) is 0 Å². The second kappa shape index (κ2) is 6.98. The molecule has 2 atom stereocenters. The summed E-state index contributed by atoms with van der Waals surface area (Å²) in [4.78, 5) is 40.5. The number of aliphatic hydroxyl groups is 1.